The highest BCUT2D eigenvalue weighted by molar-refractivity contribution is 6.09. The minimum absolute atomic E-state index is 0.00477. The zero-order valence-corrected chi connectivity index (χ0v) is 38.7. The van der Waals surface area contributed by atoms with Crippen molar-refractivity contribution in [3.8, 4) is 28.4 Å². The van der Waals surface area contributed by atoms with Crippen LogP contribution in [0.3, 0.4) is 0 Å². The molecule has 9 rings (SSSR count). The number of nitrogens with zero attached hydrogens (tertiary/aromatic N) is 4. The van der Waals surface area contributed by atoms with Gasteiger partial charge in [-0.3, -0.25) is 4.57 Å². The van der Waals surface area contributed by atoms with Gasteiger partial charge in [0.25, 0.3) is 0 Å². The zero-order valence-electron chi connectivity index (χ0n) is 38.7. The van der Waals surface area contributed by atoms with Crippen LogP contribution in [0.5, 0.6) is 11.5 Å². The first kappa shape index (κ1) is 42.0. The molecule has 5 heteroatoms. The third kappa shape index (κ3) is 7.56. The number of para-hydroxylation sites is 3. The minimum atomic E-state index is -0.0288. The van der Waals surface area contributed by atoms with Crippen molar-refractivity contribution in [1.29, 1.82) is 0 Å². The number of hydrogen-bond acceptors (Lipinski definition) is 4. The molecule has 1 aliphatic heterocycles. The standard InChI is InChI=1S/C58H62N4O/c1-10-57(8,11-2)41-31-32-59-55(35-41)62-51-24-18-17-23-47(51)48-29-28-45(38-54(48)62)63-46-34-42(58(9,12-3)13-4)33-44(36-46)61-39-60(52-25-19-20-26-53(52)61)43-27-30-50(56(5,6)7)49(37-43)40-21-15-14-16-22-40/h14-38H,10-13,39H2,1-9H3. The third-order valence-corrected chi connectivity index (χ3v) is 14.5. The molecule has 8 aromatic rings. The quantitative estimate of drug-likeness (QED) is 0.123. The van der Waals surface area contributed by atoms with Crippen molar-refractivity contribution in [3.05, 3.63) is 168 Å². The number of aromatic nitrogens is 2. The molecule has 0 saturated carbocycles. The Balaban J connectivity index is 1.14. The molecule has 0 saturated heterocycles. The molecule has 0 unspecified atom stereocenters. The normalized spacial score (nSPS) is 13.3. The number of ether oxygens (including phenoxy) is 1. The lowest BCUT2D eigenvalue weighted by Crippen LogP contribution is -2.25. The molecule has 320 valence electrons. The molecule has 0 N–H and O–H groups in total. The Hall–Kier alpha value is -6.33. The lowest BCUT2D eigenvalue weighted by molar-refractivity contribution is 0.432. The summed E-state index contributed by atoms with van der Waals surface area (Å²) in [5, 5.41) is 2.38. The van der Waals surface area contributed by atoms with E-state index in [1.807, 2.05) is 6.20 Å². The van der Waals surface area contributed by atoms with E-state index >= 15 is 0 Å². The molecule has 3 heterocycles. The first-order chi connectivity index (χ1) is 30.4. The smallest absolute Gasteiger partial charge is 0.137 e. The lowest BCUT2D eigenvalue weighted by Gasteiger charge is -2.30. The summed E-state index contributed by atoms with van der Waals surface area (Å²) in [5.41, 5.74) is 13.4. The topological polar surface area (TPSA) is 33.5 Å². The van der Waals surface area contributed by atoms with Crippen LogP contribution in [0.1, 0.15) is 105 Å². The first-order valence-corrected chi connectivity index (χ1v) is 23.1. The van der Waals surface area contributed by atoms with Crippen molar-refractivity contribution in [1.82, 2.24) is 9.55 Å². The lowest BCUT2D eigenvalue weighted by atomic mass is 9.77. The van der Waals surface area contributed by atoms with Gasteiger partial charge in [0.15, 0.2) is 0 Å². The summed E-state index contributed by atoms with van der Waals surface area (Å²) in [6, 6.07) is 53.2. The summed E-state index contributed by atoms with van der Waals surface area (Å²) in [6.07, 6.45) is 6.14. The van der Waals surface area contributed by atoms with Gasteiger partial charge in [-0.15, -0.1) is 0 Å². The van der Waals surface area contributed by atoms with E-state index in [2.05, 4.69) is 222 Å². The summed E-state index contributed by atoms with van der Waals surface area (Å²) < 4.78 is 9.36. The van der Waals surface area contributed by atoms with Crippen LogP contribution >= 0.6 is 0 Å². The average molecular weight is 831 g/mol. The number of rotatable bonds is 12. The molecule has 5 nitrogen and oxygen atoms in total. The van der Waals surface area contributed by atoms with Gasteiger partial charge >= 0.3 is 0 Å². The minimum Gasteiger partial charge on any atom is -0.457 e. The molecule has 2 aromatic heterocycles. The van der Waals surface area contributed by atoms with Crippen molar-refractivity contribution in [2.75, 3.05) is 16.5 Å². The van der Waals surface area contributed by atoms with Crippen LogP contribution in [0.2, 0.25) is 0 Å². The van der Waals surface area contributed by atoms with Gasteiger partial charge in [0.05, 0.1) is 22.4 Å². The molecular formula is C58H62N4O. The van der Waals surface area contributed by atoms with Gasteiger partial charge in [0, 0.05) is 40.5 Å². The number of benzene rings is 6. The second kappa shape index (κ2) is 16.4. The Bertz CT molecular complexity index is 2930. The fourth-order valence-corrected chi connectivity index (χ4v) is 9.64. The van der Waals surface area contributed by atoms with Gasteiger partial charge in [-0.25, -0.2) is 4.98 Å². The second-order valence-electron chi connectivity index (χ2n) is 19.1. The first-order valence-electron chi connectivity index (χ1n) is 23.1. The molecular weight excluding hydrogens is 769 g/mol. The molecule has 0 bridgehead atoms. The van der Waals surface area contributed by atoms with Gasteiger partial charge in [0.2, 0.25) is 0 Å². The number of hydrogen-bond donors (Lipinski definition) is 0. The summed E-state index contributed by atoms with van der Waals surface area (Å²) in [6.45, 7) is 21.5. The van der Waals surface area contributed by atoms with E-state index in [-0.39, 0.29) is 16.2 Å². The van der Waals surface area contributed by atoms with Gasteiger partial charge < -0.3 is 14.5 Å². The van der Waals surface area contributed by atoms with Crippen molar-refractivity contribution in [2.24, 2.45) is 0 Å². The fraction of sp³-hybridized carbons (Fsp3) is 0.293. The summed E-state index contributed by atoms with van der Waals surface area (Å²) in [7, 11) is 0. The molecule has 0 radical (unpaired) electrons. The predicted molar refractivity (Wildman–Crippen MR) is 267 cm³/mol. The molecule has 0 aliphatic carbocycles. The van der Waals surface area contributed by atoms with Crippen molar-refractivity contribution in [3.63, 3.8) is 0 Å². The maximum Gasteiger partial charge on any atom is 0.137 e. The van der Waals surface area contributed by atoms with Crippen LogP contribution in [0.4, 0.5) is 22.7 Å². The van der Waals surface area contributed by atoms with Crippen LogP contribution in [-0.4, -0.2) is 16.2 Å². The molecule has 1 aliphatic rings. The van der Waals surface area contributed by atoms with E-state index < -0.39 is 0 Å². The van der Waals surface area contributed by atoms with E-state index in [9.17, 15) is 0 Å². The molecule has 0 amide bonds. The Morgan fingerprint density at radius 2 is 1.16 bits per heavy atom. The molecule has 0 fully saturated rings. The van der Waals surface area contributed by atoms with Crippen LogP contribution in [-0.2, 0) is 16.2 Å². The van der Waals surface area contributed by atoms with Crippen LogP contribution in [0.15, 0.2) is 152 Å². The highest BCUT2D eigenvalue weighted by Gasteiger charge is 2.32. The van der Waals surface area contributed by atoms with Crippen molar-refractivity contribution >= 4 is 44.6 Å². The molecule has 6 aromatic carbocycles. The maximum atomic E-state index is 7.05. The SMILES string of the molecule is CCC(C)(CC)c1cc(Oc2ccc3c4ccccc4n(-c4cc(C(C)(CC)CC)ccn4)c3c2)cc(N2CN(c3ccc(C(C)(C)C)c(-c4ccccc4)c3)c3ccccc32)c1. The fourth-order valence-electron chi connectivity index (χ4n) is 9.64. The number of anilines is 4. The van der Waals surface area contributed by atoms with Gasteiger partial charge in [-0.2, -0.15) is 0 Å². The molecule has 0 spiro atoms. The van der Waals surface area contributed by atoms with Crippen molar-refractivity contribution in [2.45, 2.75) is 104 Å². The van der Waals surface area contributed by atoms with Gasteiger partial charge in [-0.05, 0) is 136 Å². The van der Waals surface area contributed by atoms with Crippen LogP contribution < -0.4 is 14.5 Å². The van der Waals surface area contributed by atoms with E-state index in [0.29, 0.717) is 6.67 Å². The zero-order chi connectivity index (χ0) is 44.1. The third-order valence-electron chi connectivity index (χ3n) is 14.5. The molecule has 0 atom stereocenters. The van der Waals surface area contributed by atoms with E-state index in [1.54, 1.807) is 0 Å². The highest BCUT2D eigenvalue weighted by Crippen LogP contribution is 2.48. The Labute approximate surface area is 375 Å². The monoisotopic (exact) mass is 830 g/mol. The summed E-state index contributed by atoms with van der Waals surface area (Å²) in [5.74, 6) is 2.55. The second-order valence-corrected chi connectivity index (χ2v) is 19.1. The van der Waals surface area contributed by atoms with Gasteiger partial charge in [-0.1, -0.05) is 129 Å². The highest BCUT2D eigenvalue weighted by atomic mass is 16.5. The van der Waals surface area contributed by atoms with Crippen LogP contribution in [0.25, 0.3) is 38.8 Å². The van der Waals surface area contributed by atoms with E-state index in [0.717, 1.165) is 59.7 Å². The molecule has 63 heavy (non-hydrogen) atoms. The van der Waals surface area contributed by atoms with E-state index in [1.165, 1.54) is 55.7 Å². The van der Waals surface area contributed by atoms with Gasteiger partial charge in [0.1, 0.15) is 24.0 Å². The van der Waals surface area contributed by atoms with E-state index in [4.69, 9.17) is 9.72 Å². The van der Waals surface area contributed by atoms with Crippen molar-refractivity contribution < 1.29 is 4.74 Å². The number of pyridine rings is 1. The maximum absolute atomic E-state index is 7.05. The number of fused-ring (bicyclic) bond motifs is 4. The average Bonchev–Trinajstić information content (AvgIpc) is 3.87. The van der Waals surface area contributed by atoms with Crippen LogP contribution in [0, 0.1) is 0 Å². The Kier molecular flexibility index (Phi) is 10.9. The largest absolute Gasteiger partial charge is 0.457 e. The Morgan fingerprint density at radius 1 is 0.524 bits per heavy atom. The summed E-state index contributed by atoms with van der Waals surface area (Å²) >= 11 is 0. The summed E-state index contributed by atoms with van der Waals surface area (Å²) in [4.78, 5) is 9.90. The Morgan fingerprint density at radius 3 is 1.86 bits per heavy atom. The predicted octanol–water partition coefficient (Wildman–Crippen LogP) is 16.3.